The topological polar surface area (TPSA) is 46.2 Å². The van der Waals surface area contributed by atoms with Crippen molar-refractivity contribution in [2.24, 2.45) is 5.73 Å². The lowest BCUT2D eigenvalue weighted by molar-refractivity contribution is 0.0212. The molecule has 9 heavy (non-hydrogen) atoms. The summed E-state index contributed by atoms with van der Waals surface area (Å²) in [4.78, 5) is 0. The Bertz CT molecular complexity index is 109. The molecule has 2 atom stereocenters. The summed E-state index contributed by atoms with van der Waals surface area (Å²) in [6.45, 7) is -0.652. The molecule has 0 amide bonds. The fourth-order valence-corrected chi connectivity index (χ4v) is 1.27. The summed E-state index contributed by atoms with van der Waals surface area (Å²) in [5, 5.41) is 9.22. The van der Waals surface area contributed by atoms with E-state index in [-0.39, 0.29) is 6.04 Å². The minimum Gasteiger partial charge on any atom is -0.387 e. The predicted octanol–water partition coefficient (Wildman–Crippen LogP) is 0.198. The number of alkyl halides is 1. The molecule has 0 radical (unpaired) electrons. The molecule has 2 nitrogen and oxygen atoms in total. The zero-order chi connectivity index (χ0) is 6.91. The maximum atomic E-state index is 12.0. The first-order valence-electron chi connectivity index (χ1n) is 3.20. The maximum Gasteiger partial charge on any atom is 0.118 e. The van der Waals surface area contributed by atoms with Crippen molar-refractivity contribution in [2.45, 2.75) is 30.9 Å². The van der Waals surface area contributed by atoms with Gasteiger partial charge >= 0.3 is 0 Å². The van der Waals surface area contributed by atoms with Crippen LogP contribution in [0.15, 0.2) is 0 Å². The van der Waals surface area contributed by atoms with E-state index in [4.69, 9.17) is 5.73 Å². The van der Waals surface area contributed by atoms with Gasteiger partial charge in [-0.15, -0.1) is 0 Å². The van der Waals surface area contributed by atoms with E-state index < -0.39 is 12.3 Å². The third-order valence-corrected chi connectivity index (χ3v) is 1.87. The summed E-state index contributed by atoms with van der Waals surface area (Å²) in [6.07, 6.45) is 1.69. The van der Waals surface area contributed by atoms with Gasteiger partial charge in [-0.1, -0.05) is 0 Å². The van der Waals surface area contributed by atoms with Crippen LogP contribution in [0.3, 0.4) is 0 Å². The molecule has 0 aromatic heterocycles. The molecule has 1 fully saturated rings. The summed E-state index contributed by atoms with van der Waals surface area (Å²) in [6, 6.07) is 0.00532. The Morgan fingerprint density at radius 2 is 2.44 bits per heavy atom. The summed E-state index contributed by atoms with van der Waals surface area (Å²) < 4.78 is 12.0. The van der Waals surface area contributed by atoms with Crippen molar-refractivity contribution < 1.29 is 9.50 Å². The van der Waals surface area contributed by atoms with Crippen LogP contribution in [0.4, 0.5) is 4.39 Å². The van der Waals surface area contributed by atoms with E-state index in [9.17, 15) is 9.50 Å². The van der Waals surface area contributed by atoms with Crippen LogP contribution in [0, 0.1) is 0 Å². The molecule has 0 spiro atoms. The first-order valence-corrected chi connectivity index (χ1v) is 3.20. The van der Waals surface area contributed by atoms with Crippen LogP contribution < -0.4 is 5.73 Å². The van der Waals surface area contributed by atoms with Gasteiger partial charge in [-0.05, 0) is 19.3 Å². The lowest BCUT2D eigenvalue weighted by Crippen LogP contribution is -2.29. The van der Waals surface area contributed by atoms with Gasteiger partial charge in [-0.3, -0.25) is 0 Å². The molecule has 0 heterocycles. The zero-order valence-electron chi connectivity index (χ0n) is 5.31. The fraction of sp³-hybridized carbons (Fsp3) is 1.00. The molecule has 1 unspecified atom stereocenters. The number of nitrogens with two attached hydrogens (primary N) is 1. The molecule has 1 aliphatic rings. The molecular formula is C6H12FNO. The molecule has 1 saturated carbocycles. The first kappa shape index (κ1) is 6.96. The zero-order valence-corrected chi connectivity index (χ0v) is 5.31. The Kier molecular flexibility index (Phi) is 1.73. The lowest BCUT2D eigenvalue weighted by atomic mass is 10.1. The fourth-order valence-electron chi connectivity index (χ4n) is 1.27. The van der Waals surface area contributed by atoms with Gasteiger partial charge in [0.25, 0.3) is 0 Å². The molecule has 3 heteroatoms. The molecule has 0 aromatic carbocycles. The van der Waals surface area contributed by atoms with Crippen molar-refractivity contribution in [1.29, 1.82) is 0 Å². The molecule has 3 N–H and O–H groups in total. The molecule has 1 rings (SSSR count). The number of hydrogen-bond donors (Lipinski definition) is 2. The van der Waals surface area contributed by atoms with Crippen molar-refractivity contribution in [2.75, 3.05) is 6.67 Å². The molecule has 54 valence electrons. The number of halogens is 1. The largest absolute Gasteiger partial charge is 0.387 e. The van der Waals surface area contributed by atoms with Crippen molar-refractivity contribution in [3.05, 3.63) is 0 Å². The highest BCUT2D eigenvalue weighted by atomic mass is 19.1. The summed E-state index contributed by atoms with van der Waals surface area (Å²) >= 11 is 0. The lowest BCUT2D eigenvalue weighted by Gasteiger charge is -2.16. The van der Waals surface area contributed by atoms with Gasteiger partial charge in [0.2, 0.25) is 0 Å². The second-order valence-electron chi connectivity index (χ2n) is 2.86. The van der Waals surface area contributed by atoms with Crippen molar-refractivity contribution >= 4 is 0 Å². The summed E-state index contributed by atoms with van der Waals surface area (Å²) in [7, 11) is 0. The Balaban J connectivity index is 2.45. The van der Waals surface area contributed by atoms with Crippen LogP contribution in [-0.2, 0) is 0 Å². The Morgan fingerprint density at radius 1 is 1.78 bits per heavy atom. The third kappa shape index (κ3) is 1.40. The number of aliphatic hydroxyl groups is 1. The average Bonchev–Trinajstić information content (AvgIpc) is 2.13. The van der Waals surface area contributed by atoms with Gasteiger partial charge in [-0.25, -0.2) is 4.39 Å². The Morgan fingerprint density at radius 3 is 2.67 bits per heavy atom. The van der Waals surface area contributed by atoms with Gasteiger partial charge in [0.05, 0.1) is 5.60 Å². The van der Waals surface area contributed by atoms with E-state index >= 15 is 0 Å². The standard InChI is InChI=1S/C6H12FNO/c7-4-6(9)2-1-5(8)3-6/h5,9H,1-4,8H2/t5?,6-/m1/s1. The van der Waals surface area contributed by atoms with E-state index in [1.165, 1.54) is 0 Å². The van der Waals surface area contributed by atoms with Crippen LogP contribution in [-0.4, -0.2) is 23.4 Å². The second kappa shape index (κ2) is 2.23. The van der Waals surface area contributed by atoms with Crippen LogP contribution in [0.1, 0.15) is 19.3 Å². The van der Waals surface area contributed by atoms with Gasteiger partial charge in [0.15, 0.2) is 0 Å². The van der Waals surface area contributed by atoms with Crippen molar-refractivity contribution in [3.63, 3.8) is 0 Å². The first-order chi connectivity index (χ1) is 4.16. The smallest absolute Gasteiger partial charge is 0.118 e. The minimum absolute atomic E-state index is 0.00532. The maximum absolute atomic E-state index is 12.0. The highest BCUT2D eigenvalue weighted by Crippen LogP contribution is 2.28. The minimum atomic E-state index is -1.08. The highest BCUT2D eigenvalue weighted by Gasteiger charge is 2.35. The third-order valence-electron chi connectivity index (χ3n) is 1.87. The Labute approximate surface area is 53.9 Å². The van der Waals surface area contributed by atoms with Gasteiger partial charge < -0.3 is 10.8 Å². The van der Waals surface area contributed by atoms with Crippen molar-refractivity contribution in [1.82, 2.24) is 0 Å². The quantitative estimate of drug-likeness (QED) is 0.536. The number of hydrogen-bond acceptors (Lipinski definition) is 2. The van der Waals surface area contributed by atoms with Crippen LogP contribution in [0.25, 0.3) is 0 Å². The molecule has 0 aliphatic heterocycles. The van der Waals surface area contributed by atoms with Crippen LogP contribution in [0.5, 0.6) is 0 Å². The second-order valence-corrected chi connectivity index (χ2v) is 2.86. The number of rotatable bonds is 1. The molecular weight excluding hydrogens is 121 g/mol. The predicted molar refractivity (Wildman–Crippen MR) is 32.8 cm³/mol. The summed E-state index contributed by atoms with van der Waals surface area (Å²) in [5.41, 5.74) is 4.38. The Hall–Kier alpha value is -0.150. The van der Waals surface area contributed by atoms with E-state index in [1.54, 1.807) is 0 Å². The highest BCUT2D eigenvalue weighted by molar-refractivity contribution is 4.90. The van der Waals surface area contributed by atoms with Gasteiger partial charge in [-0.2, -0.15) is 0 Å². The molecule has 1 aliphatic carbocycles. The molecule has 0 aromatic rings. The van der Waals surface area contributed by atoms with Gasteiger partial charge in [0, 0.05) is 6.04 Å². The van der Waals surface area contributed by atoms with Crippen molar-refractivity contribution in [3.8, 4) is 0 Å². The molecule has 0 bridgehead atoms. The monoisotopic (exact) mass is 133 g/mol. The van der Waals surface area contributed by atoms with E-state index in [0.29, 0.717) is 12.8 Å². The normalized spacial score (nSPS) is 43.7. The van der Waals surface area contributed by atoms with Crippen LogP contribution in [0.2, 0.25) is 0 Å². The van der Waals surface area contributed by atoms with Crippen LogP contribution >= 0.6 is 0 Å². The average molecular weight is 133 g/mol. The van der Waals surface area contributed by atoms with E-state index in [2.05, 4.69) is 0 Å². The van der Waals surface area contributed by atoms with E-state index in [0.717, 1.165) is 6.42 Å². The SMILES string of the molecule is NC1CC[C@](O)(CF)C1. The van der Waals surface area contributed by atoms with E-state index in [1.807, 2.05) is 0 Å². The van der Waals surface area contributed by atoms with Gasteiger partial charge in [0.1, 0.15) is 6.67 Å². The summed E-state index contributed by atoms with van der Waals surface area (Å²) in [5.74, 6) is 0. The molecule has 0 saturated heterocycles.